The van der Waals surface area contributed by atoms with Gasteiger partial charge in [0.2, 0.25) is 11.7 Å². The van der Waals surface area contributed by atoms with Crippen molar-refractivity contribution in [2.75, 3.05) is 34.4 Å². The molecule has 6 rings (SSSR count). The first kappa shape index (κ1) is 28.3. The van der Waals surface area contributed by atoms with Gasteiger partial charge in [0.05, 0.1) is 38.8 Å². The van der Waals surface area contributed by atoms with E-state index < -0.39 is 5.41 Å². The van der Waals surface area contributed by atoms with Crippen LogP contribution >= 0.6 is 0 Å². The summed E-state index contributed by atoms with van der Waals surface area (Å²) in [4.78, 5) is 32.1. The van der Waals surface area contributed by atoms with Gasteiger partial charge in [-0.05, 0) is 41.7 Å². The Morgan fingerprint density at radius 2 is 1.23 bits per heavy atom. The summed E-state index contributed by atoms with van der Waals surface area (Å²) in [5, 5.41) is 0. The summed E-state index contributed by atoms with van der Waals surface area (Å²) in [6.45, 7) is 0.944. The minimum absolute atomic E-state index is 0.120. The maximum atomic E-state index is 14.5. The molecule has 0 N–H and O–H groups in total. The number of benzene rings is 4. The fourth-order valence-corrected chi connectivity index (χ4v) is 6.84. The average Bonchev–Trinajstić information content (AvgIpc) is 3.08. The van der Waals surface area contributed by atoms with E-state index in [1.807, 2.05) is 59.5 Å². The van der Waals surface area contributed by atoms with Crippen LogP contribution in [0.1, 0.15) is 52.0 Å². The largest absolute Gasteiger partial charge is 0.493 e. The number of piperidine rings is 1. The van der Waals surface area contributed by atoms with Gasteiger partial charge in [-0.15, -0.1) is 0 Å². The monoisotopic (exact) mass is 576 g/mol. The van der Waals surface area contributed by atoms with Gasteiger partial charge in [0.1, 0.15) is 0 Å². The average molecular weight is 577 g/mol. The molecule has 0 aromatic heterocycles. The second-order valence-corrected chi connectivity index (χ2v) is 11.1. The number of hydrogen-bond acceptors (Lipinski definition) is 5. The highest BCUT2D eigenvalue weighted by Crippen LogP contribution is 2.59. The van der Waals surface area contributed by atoms with E-state index in [-0.39, 0.29) is 23.9 Å². The highest BCUT2D eigenvalue weighted by molar-refractivity contribution is 5.96. The van der Waals surface area contributed by atoms with Crippen LogP contribution in [0.3, 0.4) is 0 Å². The summed E-state index contributed by atoms with van der Waals surface area (Å²) in [5.74, 6) is 1.32. The van der Waals surface area contributed by atoms with E-state index in [1.54, 1.807) is 12.1 Å². The number of carbonyl (C=O) groups is 2. The molecular weight excluding hydrogens is 540 g/mol. The number of hydrogen-bond donors (Lipinski definition) is 0. The fourth-order valence-electron chi connectivity index (χ4n) is 6.84. The van der Waals surface area contributed by atoms with Crippen LogP contribution in [-0.4, -0.2) is 56.0 Å². The lowest BCUT2D eigenvalue weighted by Crippen LogP contribution is -2.67. The Hall–Kier alpha value is -4.78. The zero-order valence-corrected chi connectivity index (χ0v) is 24.7. The van der Waals surface area contributed by atoms with E-state index in [4.69, 9.17) is 14.2 Å². The highest BCUT2D eigenvalue weighted by atomic mass is 16.5. The van der Waals surface area contributed by atoms with Gasteiger partial charge < -0.3 is 24.0 Å². The van der Waals surface area contributed by atoms with Crippen LogP contribution in [0.4, 0.5) is 0 Å². The Bertz CT molecular complexity index is 1520. The Labute approximate surface area is 252 Å². The molecule has 2 aliphatic heterocycles. The standard InChI is InChI=1S/C36H36N2O5/c1-41-29-23-28(24-30(42-2)32(29)43-3)34(39)37-21-19-36(20-22-37)33(27-17-11-6-12-18-27)38(35(36)40)31(25-13-7-4-8-14-25)26-15-9-5-10-16-26/h4-18,23-24,31,33H,19-22H2,1-3H3. The van der Waals surface area contributed by atoms with Crippen molar-refractivity contribution >= 4 is 11.8 Å². The molecule has 0 aliphatic carbocycles. The Morgan fingerprint density at radius 3 is 1.70 bits per heavy atom. The molecule has 4 aromatic rings. The van der Waals surface area contributed by atoms with Gasteiger partial charge in [-0.25, -0.2) is 0 Å². The number of β-lactam (4-membered cyclic amide) rings is 1. The van der Waals surface area contributed by atoms with Crippen molar-refractivity contribution in [2.45, 2.75) is 24.9 Å². The van der Waals surface area contributed by atoms with Crippen LogP contribution in [0.2, 0.25) is 0 Å². The van der Waals surface area contributed by atoms with Crippen LogP contribution in [0, 0.1) is 5.41 Å². The first-order valence-corrected chi connectivity index (χ1v) is 14.6. The maximum Gasteiger partial charge on any atom is 0.254 e. The van der Waals surface area contributed by atoms with Crippen LogP contribution < -0.4 is 14.2 Å². The minimum Gasteiger partial charge on any atom is -0.493 e. The summed E-state index contributed by atoms with van der Waals surface area (Å²) >= 11 is 0. The predicted octanol–water partition coefficient (Wildman–Crippen LogP) is 6.31. The number of likely N-dealkylation sites (tertiary alicyclic amines) is 2. The molecule has 2 heterocycles. The first-order chi connectivity index (χ1) is 21.0. The van der Waals surface area contributed by atoms with Gasteiger partial charge in [-0.1, -0.05) is 91.0 Å². The molecule has 0 saturated carbocycles. The molecular formula is C36H36N2O5. The first-order valence-electron chi connectivity index (χ1n) is 14.6. The van der Waals surface area contributed by atoms with Crippen molar-refractivity contribution in [2.24, 2.45) is 5.41 Å². The minimum atomic E-state index is -0.588. The molecule has 1 spiro atoms. The van der Waals surface area contributed by atoms with Gasteiger partial charge in [-0.2, -0.15) is 0 Å². The lowest BCUT2D eigenvalue weighted by atomic mass is 9.61. The van der Waals surface area contributed by atoms with Gasteiger partial charge >= 0.3 is 0 Å². The molecule has 2 fully saturated rings. The summed E-state index contributed by atoms with van der Waals surface area (Å²) in [7, 11) is 4.60. The van der Waals surface area contributed by atoms with Crippen LogP contribution in [-0.2, 0) is 4.79 Å². The summed E-state index contributed by atoms with van der Waals surface area (Å²) in [5.41, 5.74) is 3.14. The molecule has 2 amide bonds. The fraction of sp³-hybridized carbons (Fsp3) is 0.278. The van der Waals surface area contributed by atoms with Crippen LogP contribution in [0.5, 0.6) is 17.2 Å². The SMILES string of the molecule is COc1cc(C(=O)N2CCC3(CC2)C(=O)N(C(c2ccccc2)c2ccccc2)C3c2ccccc2)cc(OC)c1OC. The molecule has 4 aromatic carbocycles. The van der Waals surface area contributed by atoms with Crippen molar-refractivity contribution in [3.05, 3.63) is 125 Å². The topological polar surface area (TPSA) is 68.3 Å². The quantitative estimate of drug-likeness (QED) is 0.230. The number of carbonyl (C=O) groups excluding carboxylic acids is 2. The molecule has 0 bridgehead atoms. The molecule has 2 saturated heterocycles. The molecule has 0 radical (unpaired) electrons. The lowest BCUT2D eigenvalue weighted by Gasteiger charge is -2.61. The molecule has 7 nitrogen and oxygen atoms in total. The number of methoxy groups -OCH3 is 3. The maximum absolute atomic E-state index is 14.5. The zero-order valence-electron chi connectivity index (χ0n) is 24.7. The second-order valence-electron chi connectivity index (χ2n) is 11.1. The summed E-state index contributed by atoms with van der Waals surface area (Å²) < 4.78 is 16.4. The van der Waals surface area contributed by atoms with Crippen molar-refractivity contribution in [3.63, 3.8) is 0 Å². The number of rotatable bonds is 8. The Balaban J connectivity index is 1.32. The van der Waals surface area contributed by atoms with E-state index in [0.717, 1.165) is 16.7 Å². The van der Waals surface area contributed by atoms with Gasteiger partial charge in [0.15, 0.2) is 11.5 Å². The number of ether oxygens (including phenoxy) is 3. The van der Waals surface area contributed by atoms with Crippen molar-refractivity contribution in [3.8, 4) is 17.2 Å². The molecule has 2 aliphatic rings. The number of amides is 2. The molecule has 7 heteroatoms. The summed E-state index contributed by atoms with van der Waals surface area (Å²) in [6.07, 6.45) is 1.16. The van der Waals surface area contributed by atoms with E-state index in [9.17, 15) is 9.59 Å². The lowest BCUT2D eigenvalue weighted by molar-refractivity contribution is -0.184. The molecule has 1 atom stereocenters. The van der Waals surface area contributed by atoms with Crippen molar-refractivity contribution in [1.82, 2.24) is 9.80 Å². The zero-order chi connectivity index (χ0) is 30.0. The van der Waals surface area contributed by atoms with E-state index >= 15 is 0 Å². The smallest absolute Gasteiger partial charge is 0.254 e. The third kappa shape index (κ3) is 4.88. The van der Waals surface area contributed by atoms with E-state index in [1.165, 1.54) is 21.3 Å². The van der Waals surface area contributed by atoms with Crippen molar-refractivity contribution < 1.29 is 23.8 Å². The third-order valence-corrected chi connectivity index (χ3v) is 8.94. The highest BCUT2D eigenvalue weighted by Gasteiger charge is 2.63. The second kappa shape index (κ2) is 11.8. The van der Waals surface area contributed by atoms with Crippen LogP contribution in [0.15, 0.2) is 103 Å². The molecule has 220 valence electrons. The molecule has 43 heavy (non-hydrogen) atoms. The van der Waals surface area contributed by atoms with Crippen LogP contribution in [0.25, 0.3) is 0 Å². The van der Waals surface area contributed by atoms with Gasteiger partial charge in [0.25, 0.3) is 5.91 Å². The normalized spacial score (nSPS) is 17.5. The Kier molecular flexibility index (Phi) is 7.80. The number of nitrogens with zero attached hydrogens (tertiary/aromatic N) is 2. The third-order valence-electron chi connectivity index (χ3n) is 8.94. The van der Waals surface area contributed by atoms with Crippen molar-refractivity contribution in [1.29, 1.82) is 0 Å². The predicted molar refractivity (Wildman–Crippen MR) is 164 cm³/mol. The van der Waals surface area contributed by atoms with E-state index in [2.05, 4.69) is 41.3 Å². The van der Waals surface area contributed by atoms with E-state index in [0.29, 0.717) is 48.7 Å². The Morgan fingerprint density at radius 1 is 0.744 bits per heavy atom. The summed E-state index contributed by atoms with van der Waals surface area (Å²) in [6, 6.07) is 33.8. The van der Waals surface area contributed by atoms with Gasteiger partial charge in [0, 0.05) is 18.7 Å². The van der Waals surface area contributed by atoms with Gasteiger partial charge in [-0.3, -0.25) is 9.59 Å². The molecule has 1 unspecified atom stereocenters.